The minimum atomic E-state index is -0.690. The molecule has 2 fully saturated rings. The van der Waals surface area contributed by atoms with Crippen molar-refractivity contribution in [3.8, 4) is 0 Å². The fourth-order valence-corrected chi connectivity index (χ4v) is 4.55. The number of Topliss-reactive ketones (excluding diaryl/α,β-unsaturated/α-hetero) is 1. The number of hydrogen-bond acceptors (Lipinski definition) is 7. The number of urea groups is 1. The monoisotopic (exact) mass is 446 g/mol. The maximum Gasteiger partial charge on any atom is 0.325 e. The molecular weight excluding hydrogens is 420 g/mol. The minimum absolute atomic E-state index is 0.0496. The zero-order valence-corrected chi connectivity index (χ0v) is 18.7. The van der Waals surface area contributed by atoms with Gasteiger partial charge in [0, 0.05) is 43.9 Å². The van der Waals surface area contributed by atoms with E-state index in [-0.39, 0.29) is 5.78 Å². The summed E-state index contributed by atoms with van der Waals surface area (Å²) >= 11 is 6.12. The van der Waals surface area contributed by atoms with Crippen LogP contribution >= 0.6 is 11.6 Å². The van der Waals surface area contributed by atoms with Crippen molar-refractivity contribution in [2.45, 2.75) is 32.1 Å². The number of fused-ring (bicyclic) bond motifs is 1. The molecule has 1 N–H and O–H groups in total. The van der Waals surface area contributed by atoms with Crippen molar-refractivity contribution in [1.29, 1.82) is 0 Å². The molecule has 4 rings (SSSR count). The normalized spacial score (nSPS) is 25.3. The Hall–Kier alpha value is -2.65. The number of amidine groups is 1. The van der Waals surface area contributed by atoms with Gasteiger partial charge in [0.05, 0.1) is 12.6 Å². The summed E-state index contributed by atoms with van der Waals surface area (Å²) in [6, 6.07) is 6.16. The molecule has 9 nitrogen and oxygen atoms in total. The smallest absolute Gasteiger partial charge is 0.325 e. The molecule has 3 aliphatic heterocycles. The molecule has 0 bridgehead atoms. The van der Waals surface area contributed by atoms with Crippen molar-refractivity contribution in [3.63, 3.8) is 0 Å². The summed E-state index contributed by atoms with van der Waals surface area (Å²) < 4.78 is 0. The van der Waals surface area contributed by atoms with Gasteiger partial charge >= 0.3 is 6.03 Å². The van der Waals surface area contributed by atoms with Crippen LogP contribution in [0.4, 0.5) is 10.5 Å². The first-order valence-electron chi connectivity index (χ1n) is 10.4. The van der Waals surface area contributed by atoms with Gasteiger partial charge in [-0.1, -0.05) is 17.7 Å². The average Bonchev–Trinajstić information content (AvgIpc) is 3.11. The second-order valence-corrected chi connectivity index (χ2v) is 8.68. The standard InChI is InChI=1S/C21H27ClN6O3/c1-13(14(2)29)28-17(23-19-18(28)20(30)24-21(31)25(19)3)12-26-7-9-27(10-8-26)16-6-4-5-15(22)11-16/h4-6,11,13,18-19H,7-10,12H2,1-3H3,(H,24,30,31). The number of piperazine rings is 1. The predicted octanol–water partition coefficient (Wildman–Crippen LogP) is 1.03. The molecule has 3 unspecified atom stereocenters. The zero-order chi connectivity index (χ0) is 22.3. The Balaban J connectivity index is 1.49. The number of hydrogen-bond donors (Lipinski definition) is 1. The zero-order valence-electron chi connectivity index (χ0n) is 17.9. The highest BCUT2D eigenvalue weighted by Crippen LogP contribution is 2.27. The molecule has 3 heterocycles. The van der Waals surface area contributed by atoms with Crippen molar-refractivity contribution in [2.75, 3.05) is 44.7 Å². The van der Waals surface area contributed by atoms with Crippen molar-refractivity contribution >= 4 is 40.8 Å². The summed E-state index contributed by atoms with van der Waals surface area (Å²) in [7, 11) is 1.62. The van der Waals surface area contributed by atoms with E-state index < -0.39 is 30.2 Å². The topological polar surface area (TPSA) is 88.6 Å². The van der Waals surface area contributed by atoms with Gasteiger partial charge in [-0.3, -0.25) is 19.8 Å². The van der Waals surface area contributed by atoms with Crippen LogP contribution in [0.3, 0.4) is 0 Å². The van der Waals surface area contributed by atoms with Gasteiger partial charge in [0.2, 0.25) is 0 Å². The number of aliphatic imine (C=N–C) groups is 1. The van der Waals surface area contributed by atoms with Gasteiger partial charge in [0.15, 0.2) is 18.0 Å². The van der Waals surface area contributed by atoms with E-state index in [1.165, 1.54) is 11.8 Å². The molecule has 3 aliphatic rings. The largest absolute Gasteiger partial charge is 0.369 e. The molecule has 0 aromatic heterocycles. The number of benzene rings is 1. The lowest BCUT2D eigenvalue weighted by Gasteiger charge is -2.40. The minimum Gasteiger partial charge on any atom is -0.369 e. The maximum atomic E-state index is 12.6. The summed E-state index contributed by atoms with van der Waals surface area (Å²) in [6.07, 6.45) is -0.620. The fourth-order valence-electron chi connectivity index (χ4n) is 4.36. The number of imide groups is 1. The van der Waals surface area contributed by atoms with E-state index in [0.29, 0.717) is 17.4 Å². The Morgan fingerprint density at radius 2 is 1.97 bits per heavy atom. The number of carbonyl (C=O) groups is 3. The third-order valence-electron chi connectivity index (χ3n) is 6.29. The molecule has 1 aromatic rings. The van der Waals surface area contributed by atoms with E-state index in [9.17, 15) is 14.4 Å². The number of nitrogens with zero attached hydrogens (tertiary/aromatic N) is 5. The highest BCUT2D eigenvalue weighted by atomic mass is 35.5. The van der Waals surface area contributed by atoms with Crippen LogP contribution in [0, 0.1) is 0 Å². The van der Waals surface area contributed by atoms with Crippen LogP contribution in [0.5, 0.6) is 0 Å². The van der Waals surface area contributed by atoms with Crippen molar-refractivity contribution in [1.82, 2.24) is 20.0 Å². The molecule has 3 amide bonds. The van der Waals surface area contributed by atoms with E-state index in [1.807, 2.05) is 18.2 Å². The number of nitrogens with one attached hydrogen (secondary N) is 1. The Morgan fingerprint density at radius 3 is 2.61 bits per heavy atom. The lowest BCUT2D eigenvalue weighted by atomic mass is 10.1. The predicted molar refractivity (Wildman–Crippen MR) is 118 cm³/mol. The fraction of sp³-hybridized carbons (Fsp3) is 0.524. The first kappa shape index (κ1) is 21.6. The second kappa shape index (κ2) is 8.47. The summed E-state index contributed by atoms with van der Waals surface area (Å²) in [5.41, 5.74) is 1.10. The number of rotatable bonds is 5. The van der Waals surface area contributed by atoms with Crippen LogP contribution in [0.2, 0.25) is 5.02 Å². The van der Waals surface area contributed by atoms with Gasteiger partial charge in [0.1, 0.15) is 5.84 Å². The highest BCUT2D eigenvalue weighted by Gasteiger charge is 2.50. The first-order valence-corrected chi connectivity index (χ1v) is 10.8. The third-order valence-corrected chi connectivity index (χ3v) is 6.53. The number of ketones is 1. The summed E-state index contributed by atoms with van der Waals surface area (Å²) in [4.78, 5) is 49.3. The Kier molecular flexibility index (Phi) is 5.90. The molecule has 0 spiro atoms. The van der Waals surface area contributed by atoms with Crippen LogP contribution in [0.15, 0.2) is 29.3 Å². The van der Waals surface area contributed by atoms with Crippen LogP contribution < -0.4 is 10.2 Å². The Labute approximate surface area is 186 Å². The molecule has 31 heavy (non-hydrogen) atoms. The number of likely N-dealkylation sites (N-methyl/N-ethyl adjacent to an activating group) is 1. The van der Waals surface area contributed by atoms with Crippen molar-refractivity contribution in [3.05, 3.63) is 29.3 Å². The molecular formula is C21H27ClN6O3. The third kappa shape index (κ3) is 4.12. The van der Waals surface area contributed by atoms with Crippen molar-refractivity contribution in [2.24, 2.45) is 4.99 Å². The second-order valence-electron chi connectivity index (χ2n) is 8.25. The van der Waals surface area contributed by atoms with Gasteiger partial charge in [-0.15, -0.1) is 0 Å². The van der Waals surface area contributed by atoms with Gasteiger partial charge in [-0.25, -0.2) is 9.79 Å². The van der Waals surface area contributed by atoms with Gasteiger partial charge < -0.3 is 14.7 Å². The SMILES string of the molecule is CC(=O)C(C)N1C(CN2CCN(c3cccc(Cl)c3)CC2)=NC2C1C(=O)NC(=O)N2C. The van der Waals surface area contributed by atoms with Gasteiger partial charge in [0.25, 0.3) is 5.91 Å². The summed E-state index contributed by atoms with van der Waals surface area (Å²) in [5, 5.41) is 3.08. The van der Waals surface area contributed by atoms with Crippen LogP contribution in [0.1, 0.15) is 13.8 Å². The van der Waals surface area contributed by atoms with E-state index in [2.05, 4.69) is 21.2 Å². The number of anilines is 1. The molecule has 0 saturated carbocycles. The first-order chi connectivity index (χ1) is 14.8. The highest BCUT2D eigenvalue weighted by molar-refractivity contribution is 6.30. The molecule has 3 atom stereocenters. The van der Waals surface area contributed by atoms with Gasteiger partial charge in [-0.2, -0.15) is 0 Å². The molecule has 0 radical (unpaired) electrons. The van der Waals surface area contributed by atoms with Crippen LogP contribution in [-0.2, 0) is 9.59 Å². The number of halogens is 1. The summed E-state index contributed by atoms with van der Waals surface area (Å²) in [5.74, 6) is 0.211. The maximum absolute atomic E-state index is 12.6. The van der Waals surface area contributed by atoms with Crippen LogP contribution in [0.25, 0.3) is 0 Å². The van der Waals surface area contributed by atoms with E-state index in [1.54, 1.807) is 18.9 Å². The van der Waals surface area contributed by atoms with Crippen molar-refractivity contribution < 1.29 is 14.4 Å². The lowest BCUT2D eigenvalue weighted by molar-refractivity contribution is -0.129. The Morgan fingerprint density at radius 1 is 1.26 bits per heavy atom. The molecule has 0 aliphatic carbocycles. The molecule has 2 saturated heterocycles. The number of carbonyl (C=O) groups excluding carboxylic acids is 3. The Bertz CT molecular complexity index is 929. The number of amides is 3. The lowest BCUT2D eigenvalue weighted by Crippen LogP contribution is -2.65. The quantitative estimate of drug-likeness (QED) is 0.726. The average molecular weight is 447 g/mol. The van der Waals surface area contributed by atoms with Gasteiger partial charge in [-0.05, 0) is 32.0 Å². The van der Waals surface area contributed by atoms with Crippen LogP contribution in [-0.4, -0.2) is 96.3 Å². The molecule has 10 heteroatoms. The summed E-state index contributed by atoms with van der Waals surface area (Å²) in [6.45, 7) is 7.09. The molecule has 1 aromatic carbocycles. The molecule has 166 valence electrons. The van der Waals surface area contributed by atoms with E-state index in [4.69, 9.17) is 16.6 Å². The van der Waals surface area contributed by atoms with E-state index >= 15 is 0 Å². The van der Waals surface area contributed by atoms with E-state index in [0.717, 1.165) is 31.9 Å².